The standard InChI is InChI=1S/C27H22Br3N3O5/c1-3-36-22-9-16(8-20(29)26(22)37-14-24(34)32-19-6-4-15(2)5-7-19)13-31-33-27(35)23-11-17-10-18(28)12-21(30)25(17)38-23/h4-13H,3,14H2,1-2H3,(H,32,34)(H,33,35)/b31-13-. The fourth-order valence-electron chi connectivity index (χ4n) is 3.45. The molecule has 11 heteroatoms. The molecule has 38 heavy (non-hydrogen) atoms. The first-order valence-corrected chi connectivity index (χ1v) is 13.8. The number of fused-ring (bicyclic) bond motifs is 1. The molecule has 0 saturated heterocycles. The minimum Gasteiger partial charge on any atom is -0.490 e. The number of aryl methyl sites for hydroxylation is 1. The number of hydrazone groups is 1. The topological polar surface area (TPSA) is 102 Å². The second-order valence-corrected chi connectivity index (χ2v) is 10.7. The van der Waals surface area contributed by atoms with Crippen LogP contribution in [0.5, 0.6) is 11.5 Å². The molecule has 0 aliphatic carbocycles. The molecule has 1 aromatic heterocycles. The second-order valence-electron chi connectivity index (χ2n) is 8.08. The van der Waals surface area contributed by atoms with Crippen molar-refractivity contribution < 1.29 is 23.5 Å². The Kier molecular flexibility index (Phi) is 9.24. The van der Waals surface area contributed by atoms with Crippen LogP contribution in [0.1, 0.15) is 28.6 Å². The number of carbonyl (C=O) groups excluding carboxylic acids is 2. The molecule has 0 atom stereocenters. The monoisotopic (exact) mass is 705 g/mol. The molecule has 4 aromatic rings. The Hall–Kier alpha value is -3.15. The van der Waals surface area contributed by atoms with Gasteiger partial charge in [-0.3, -0.25) is 9.59 Å². The number of carbonyl (C=O) groups is 2. The van der Waals surface area contributed by atoms with Gasteiger partial charge in [0, 0.05) is 15.5 Å². The minimum absolute atomic E-state index is 0.125. The van der Waals surface area contributed by atoms with Crippen LogP contribution < -0.4 is 20.2 Å². The second kappa shape index (κ2) is 12.6. The molecule has 0 spiro atoms. The first-order valence-electron chi connectivity index (χ1n) is 11.4. The summed E-state index contributed by atoms with van der Waals surface area (Å²) in [7, 11) is 0. The lowest BCUT2D eigenvalue weighted by Crippen LogP contribution is -2.20. The lowest BCUT2D eigenvalue weighted by Gasteiger charge is -2.14. The Morgan fingerprint density at radius 3 is 2.50 bits per heavy atom. The maximum atomic E-state index is 12.6. The molecule has 4 rings (SSSR count). The van der Waals surface area contributed by atoms with Crippen LogP contribution in [0, 0.1) is 6.92 Å². The maximum absolute atomic E-state index is 12.6. The number of hydrogen-bond acceptors (Lipinski definition) is 6. The van der Waals surface area contributed by atoms with Crippen LogP contribution in [0.4, 0.5) is 5.69 Å². The molecule has 1 heterocycles. The van der Waals surface area contributed by atoms with Crippen LogP contribution in [0.2, 0.25) is 0 Å². The number of rotatable bonds is 9. The highest BCUT2D eigenvalue weighted by atomic mass is 79.9. The lowest BCUT2D eigenvalue weighted by atomic mass is 10.2. The largest absolute Gasteiger partial charge is 0.490 e. The van der Waals surface area contributed by atoms with Gasteiger partial charge < -0.3 is 19.2 Å². The predicted molar refractivity (Wildman–Crippen MR) is 157 cm³/mol. The molecule has 0 saturated carbocycles. The van der Waals surface area contributed by atoms with Gasteiger partial charge in [0.1, 0.15) is 5.58 Å². The summed E-state index contributed by atoms with van der Waals surface area (Å²) >= 11 is 10.3. The molecule has 8 nitrogen and oxygen atoms in total. The predicted octanol–water partition coefficient (Wildman–Crippen LogP) is 7.21. The van der Waals surface area contributed by atoms with Gasteiger partial charge in [0.05, 0.1) is 21.8 Å². The van der Waals surface area contributed by atoms with Crippen LogP contribution >= 0.6 is 47.8 Å². The number of hydrogen-bond donors (Lipinski definition) is 2. The maximum Gasteiger partial charge on any atom is 0.307 e. The first-order chi connectivity index (χ1) is 18.2. The molecular weight excluding hydrogens is 686 g/mol. The van der Waals surface area contributed by atoms with Crippen molar-refractivity contribution in [1.82, 2.24) is 5.43 Å². The number of ether oxygens (including phenoxy) is 2. The van der Waals surface area contributed by atoms with E-state index in [9.17, 15) is 9.59 Å². The molecule has 0 aliphatic rings. The van der Waals surface area contributed by atoms with E-state index in [1.165, 1.54) is 6.21 Å². The third-order valence-corrected chi connectivity index (χ3v) is 6.79. The van der Waals surface area contributed by atoms with E-state index >= 15 is 0 Å². The summed E-state index contributed by atoms with van der Waals surface area (Å²) < 4.78 is 19.3. The first kappa shape index (κ1) is 27.9. The van der Waals surface area contributed by atoms with Gasteiger partial charge >= 0.3 is 5.91 Å². The molecule has 2 amide bonds. The van der Waals surface area contributed by atoms with Crippen LogP contribution in [0.15, 0.2) is 77.5 Å². The normalized spacial score (nSPS) is 11.1. The van der Waals surface area contributed by atoms with Crippen LogP contribution in [-0.4, -0.2) is 31.2 Å². The van der Waals surface area contributed by atoms with Gasteiger partial charge in [0.25, 0.3) is 5.91 Å². The molecule has 3 aromatic carbocycles. The molecule has 196 valence electrons. The highest BCUT2D eigenvalue weighted by Gasteiger charge is 2.16. The highest BCUT2D eigenvalue weighted by Crippen LogP contribution is 2.37. The van der Waals surface area contributed by atoms with Crippen molar-refractivity contribution in [2.24, 2.45) is 5.10 Å². The third kappa shape index (κ3) is 7.03. The lowest BCUT2D eigenvalue weighted by molar-refractivity contribution is -0.118. The molecule has 2 N–H and O–H groups in total. The quantitative estimate of drug-likeness (QED) is 0.142. The summed E-state index contributed by atoms with van der Waals surface area (Å²) in [4.78, 5) is 24.9. The minimum atomic E-state index is -0.496. The Morgan fingerprint density at radius 2 is 1.76 bits per heavy atom. The van der Waals surface area contributed by atoms with E-state index in [0.717, 1.165) is 19.9 Å². The van der Waals surface area contributed by atoms with Crippen molar-refractivity contribution in [2.45, 2.75) is 13.8 Å². The summed E-state index contributed by atoms with van der Waals surface area (Å²) in [5, 5.41) is 7.61. The number of nitrogens with one attached hydrogen (secondary N) is 2. The van der Waals surface area contributed by atoms with Crippen molar-refractivity contribution in [1.29, 1.82) is 0 Å². The van der Waals surface area contributed by atoms with E-state index in [0.29, 0.717) is 39.4 Å². The van der Waals surface area contributed by atoms with Crippen molar-refractivity contribution in [3.05, 3.63) is 84.9 Å². The smallest absolute Gasteiger partial charge is 0.307 e. The molecule has 0 aliphatic heterocycles. The van der Waals surface area contributed by atoms with Crippen molar-refractivity contribution in [3.8, 4) is 11.5 Å². The van der Waals surface area contributed by atoms with Gasteiger partial charge in [0.15, 0.2) is 23.9 Å². The summed E-state index contributed by atoms with van der Waals surface area (Å²) in [5.74, 6) is 0.127. The Balaban J connectivity index is 1.42. The fourth-order valence-corrected chi connectivity index (χ4v) is 5.36. The summed E-state index contributed by atoms with van der Waals surface area (Å²) in [6.45, 7) is 3.99. The molecule has 0 unspecified atom stereocenters. The zero-order valence-corrected chi connectivity index (χ0v) is 25.1. The number of halogens is 3. The van der Waals surface area contributed by atoms with Gasteiger partial charge in [-0.25, -0.2) is 5.43 Å². The van der Waals surface area contributed by atoms with Crippen LogP contribution in [-0.2, 0) is 4.79 Å². The number of nitrogens with zero attached hydrogens (tertiary/aromatic N) is 1. The summed E-state index contributed by atoms with van der Waals surface area (Å²) in [6.07, 6.45) is 1.47. The van der Waals surface area contributed by atoms with Gasteiger partial charge in [-0.2, -0.15) is 5.10 Å². The van der Waals surface area contributed by atoms with E-state index < -0.39 is 5.91 Å². The van der Waals surface area contributed by atoms with E-state index in [-0.39, 0.29) is 18.3 Å². The summed E-state index contributed by atoms with van der Waals surface area (Å²) in [6, 6.07) is 16.3. The van der Waals surface area contributed by atoms with Crippen molar-refractivity contribution in [3.63, 3.8) is 0 Å². The number of furan rings is 1. The van der Waals surface area contributed by atoms with E-state index in [1.807, 2.05) is 50.2 Å². The molecule has 0 fully saturated rings. The molecule has 0 radical (unpaired) electrons. The SMILES string of the molecule is CCOc1cc(/C=N\NC(=O)c2cc3cc(Br)cc(Br)c3o2)cc(Br)c1OCC(=O)Nc1ccc(C)cc1. The van der Waals surface area contributed by atoms with E-state index in [4.69, 9.17) is 13.9 Å². The Morgan fingerprint density at radius 1 is 1.00 bits per heavy atom. The zero-order chi connectivity index (χ0) is 27.2. The van der Waals surface area contributed by atoms with Gasteiger partial charge in [-0.15, -0.1) is 0 Å². The van der Waals surface area contributed by atoms with E-state index in [1.54, 1.807) is 18.2 Å². The van der Waals surface area contributed by atoms with Crippen LogP contribution in [0.3, 0.4) is 0 Å². The number of amides is 2. The fraction of sp³-hybridized carbons (Fsp3) is 0.148. The molecular formula is C27H22Br3N3O5. The number of benzene rings is 3. The average molecular weight is 708 g/mol. The highest BCUT2D eigenvalue weighted by molar-refractivity contribution is 9.11. The van der Waals surface area contributed by atoms with Gasteiger partial charge in [-0.05, 0) is 93.7 Å². The summed E-state index contributed by atoms with van der Waals surface area (Å²) in [5.41, 5.74) is 5.45. The van der Waals surface area contributed by atoms with Gasteiger partial charge in [-0.1, -0.05) is 33.6 Å². The zero-order valence-electron chi connectivity index (χ0n) is 20.3. The number of anilines is 1. The Bertz CT molecular complexity index is 1520. The Labute approximate surface area is 244 Å². The molecule has 0 bridgehead atoms. The van der Waals surface area contributed by atoms with Gasteiger partial charge in [0.2, 0.25) is 0 Å². The third-order valence-electron chi connectivity index (χ3n) is 5.15. The average Bonchev–Trinajstić information content (AvgIpc) is 3.30. The van der Waals surface area contributed by atoms with E-state index in [2.05, 4.69) is 63.6 Å². The van der Waals surface area contributed by atoms with Crippen LogP contribution in [0.25, 0.3) is 11.0 Å². The van der Waals surface area contributed by atoms with Crippen molar-refractivity contribution >= 4 is 82.5 Å². The van der Waals surface area contributed by atoms with Crippen molar-refractivity contribution in [2.75, 3.05) is 18.5 Å².